The zero-order chi connectivity index (χ0) is 18.7. The molecule has 1 aromatic carbocycles. The molecule has 1 aromatic heterocycles. The maximum Gasteiger partial charge on any atom is 0.272 e. The van der Waals surface area contributed by atoms with Crippen LogP contribution in [0.2, 0.25) is 0 Å². The van der Waals surface area contributed by atoms with Crippen molar-refractivity contribution in [3.05, 3.63) is 47.4 Å². The minimum absolute atomic E-state index is 0.00241. The number of Topliss-reactive ketones (excluding diaryl/α,β-unsaturated/α-hetero) is 1. The Labute approximate surface area is 153 Å². The predicted octanol–water partition coefficient (Wildman–Crippen LogP) is 3.60. The highest BCUT2D eigenvalue weighted by atomic mass is 16.2. The number of hydrogen-bond acceptors (Lipinski definition) is 5. The van der Waals surface area contributed by atoms with Crippen LogP contribution >= 0.6 is 0 Å². The van der Waals surface area contributed by atoms with E-state index in [-0.39, 0.29) is 11.7 Å². The average Bonchev–Trinajstić information content (AvgIpc) is 2.60. The number of aryl methyl sites for hydroxylation is 1. The first-order valence-electron chi connectivity index (χ1n) is 8.95. The van der Waals surface area contributed by atoms with Gasteiger partial charge in [-0.1, -0.05) is 19.1 Å². The first-order chi connectivity index (χ1) is 12.4. The molecule has 2 aromatic rings. The SMILES string of the molecule is CC(=O)c1cccc(Nc2cc(C(=O)N3CCCC(C)C3)nc(C)n2)c1. The third-order valence-corrected chi connectivity index (χ3v) is 4.54. The number of nitrogens with zero attached hydrogens (tertiary/aromatic N) is 3. The summed E-state index contributed by atoms with van der Waals surface area (Å²) in [5.41, 5.74) is 1.77. The molecule has 1 aliphatic rings. The molecule has 1 fully saturated rings. The molecular weight excluding hydrogens is 328 g/mol. The molecule has 1 N–H and O–H groups in total. The molecule has 1 amide bonds. The van der Waals surface area contributed by atoms with Crippen LogP contribution in [0.25, 0.3) is 0 Å². The Morgan fingerprint density at radius 1 is 1.23 bits per heavy atom. The Bertz CT molecular complexity index is 834. The fourth-order valence-corrected chi connectivity index (χ4v) is 3.24. The quantitative estimate of drug-likeness (QED) is 0.851. The molecule has 0 bridgehead atoms. The summed E-state index contributed by atoms with van der Waals surface area (Å²) in [6, 6.07) is 8.89. The molecule has 0 aliphatic carbocycles. The largest absolute Gasteiger partial charge is 0.340 e. The van der Waals surface area contributed by atoms with Gasteiger partial charge in [0.05, 0.1) is 0 Å². The molecule has 6 nitrogen and oxygen atoms in total. The number of aromatic nitrogens is 2. The molecule has 136 valence electrons. The minimum atomic E-state index is -0.0532. The molecule has 1 atom stereocenters. The van der Waals surface area contributed by atoms with Crippen LogP contribution in [0.4, 0.5) is 11.5 Å². The van der Waals surface area contributed by atoms with E-state index in [1.165, 1.54) is 6.92 Å². The maximum absolute atomic E-state index is 12.8. The normalized spacial score (nSPS) is 17.0. The Kier molecular flexibility index (Phi) is 5.30. The second kappa shape index (κ2) is 7.64. The van der Waals surface area contributed by atoms with Gasteiger partial charge < -0.3 is 10.2 Å². The third kappa shape index (κ3) is 4.25. The Balaban J connectivity index is 1.82. The van der Waals surface area contributed by atoms with Crippen LogP contribution in [0.3, 0.4) is 0 Å². The van der Waals surface area contributed by atoms with E-state index in [4.69, 9.17) is 0 Å². The van der Waals surface area contributed by atoms with Crippen LogP contribution in [-0.2, 0) is 0 Å². The van der Waals surface area contributed by atoms with Gasteiger partial charge in [-0.2, -0.15) is 0 Å². The van der Waals surface area contributed by atoms with E-state index in [1.54, 1.807) is 25.1 Å². The lowest BCUT2D eigenvalue weighted by molar-refractivity contribution is 0.0676. The Morgan fingerprint density at radius 2 is 2.04 bits per heavy atom. The van der Waals surface area contributed by atoms with Gasteiger partial charge in [-0.05, 0) is 44.7 Å². The van der Waals surface area contributed by atoms with Crippen LogP contribution in [0.15, 0.2) is 30.3 Å². The summed E-state index contributed by atoms with van der Waals surface area (Å²) in [7, 11) is 0. The van der Waals surface area contributed by atoms with Crippen LogP contribution < -0.4 is 5.32 Å². The average molecular weight is 352 g/mol. The second-order valence-corrected chi connectivity index (χ2v) is 6.95. The van der Waals surface area contributed by atoms with Crippen molar-refractivity contribution >= 4 is 23.2 Å². The lowest BCUT2D eigenvalue weighted by Crippen LogP contribution is -2.39. The molecular formula is C20H24N4O2. The van der Waals surface area contributed by atoms with Gasteiger partial charge in [-0.25, -0.2) is 9.97 Å². The lowest BCUT2D eigenvalue weighted by Gasteiger charge is -2.30. The van der Waals surface area contributed by atoms with Crippen LogP contribution in [0.5, 0.6) is 0 Å². The first-order valence-corrected chi connectivity index (χ1v) is 8.95. The van der Waals surface area contributed by atoms with Crippen LogP contribution in [-0.4, -0.2) is 39.6 Å². The van der Waals surface area contributed by atoms with Gasteiger partial charge >= 0.3 is 0 Å². The monoisotopic (exact) mass is 352 g/mol. The highest BCUT2D eigenvalue weighted by molar-refractivity contribution is 5.95. The van der Waals surface area contributed by atoms with Gasteiger partial charge in [0.1, 0.15) is 17.3 Å². The number of likely N-dealkylation sites (tertiary alicyclic amines) is 1. The number of carbonyl (C=O) groups excluding carboxylic acids is 2. The highest BCUT2D eigenvalue weighted by Crippen LogP contribution is 2.20. The smallest absolute Gasteiger partial charge is 0.272 e. The van der Waals surface area contributed by atoms with Crippen molar-refractivity contribution in [2.75, 3.05) is 18.4 Å². The van der Waals surface area contributed by atoms with Crippen molar-refractivity contribution in [3.8, 4) is 0 Å². The molecule has 2 heterocycles. The minimum Gasteiger partial charge on any atom is -0.340 e. The van der Waals surface area contributed by atoms with Crippen LogP contribution in [0.1, 0.15) is 53.4 Å². The number of benzene rings is 1. The van der Waals surface area contributed by atoms with Gasteiger partial charge in [0, 0.05) is 30.4 Å². The highest BCUT2D eigenvalue weighted by Gasteiger charge is 2.23. The molecule has 0 radical (unpaired) electrons. The van der Waals surface area contributed by atoms with E-state index >= 15 is 0 Å². The van der Waals surface area contributed by atoms with E-state index < -0.39 is 0 Å². The number of rotatable bonds is 4. The zero-order valence-electron chi connectivity index (χ0n) is 15.5. The fourth-order valence-electron chi connectivity index (χ4n) is 3.24. The van der Waals surface area contributed by atoms with Crippen molar-refractivity contribution in [1.82, 2.24) is 14.9 Å². The molecule has 0 spiro atoms. The summed E-state index contributed by atoms with van der Waals surface area (Å²) >= 11 is 0. The van der Waals surface area contributed by atoms with E-state index in [1.807, 2.05) is 17.0 Å². The third-order valence-electron chi connectivity index (χ3n) is 4.54. The van der Waals surface area contributed by atoms with Gasteiger partial charge in [0.15, 0.2) is 5.78 Å². The number of piperidine rings is 1. The summed E-state index contributed by atoms with van der Waals surface area (Å²) in [5.74, 6) is 1.55. The molecule has 0 saturated carbocycles. The molecule has 6 heteroatoms. The van der Waals surface area contributed by atoms with Gasteiger partial charge in [0.25, 0.3) is 5.91 Å². The fraction of sp³-hybridized carbons (Fsp3) is 0.400. The van der Waals surface area contributed by atoms with E-state index in [0.29, 0.717) is 28.8 Å². The van der Waals surface area contributed by atoms with Gasteiger partial charge in [0.2, 0.25) is 0 Å². The molecule has 26 heavy (non-hydrogen) atoms. The zero-order valence-corrected chi connectivity index (χ0v) is 15.5. The van der Waals surface area contributed by atoms with Crippen molar-refractivity contribution in [1.29, 1.82) is 0 Å². The number of ketones is 1. The number of nitrogens with one attached hydrogen (secondary N) is 1. The summed E-state index contributed by atoms with van der Waals surface area (Å²) in [4.78, 5) is 34.9. The maximum atomic E-state index is 12.8. The predicted molar refractivity (Wildman–Crippen MR) is 101 cm³/mol. The Hall–Kier alpha value is -2.76. The molecule has 1 saturated heterocycles. The topological polar surface area (TPSA) is 75.2 Å². The summed E-state index contributed by atoms with van der Waals surface area (Å²) in [6.07, 6.45) is 2.19. The van der Waals surface area contributed by atoms with Crippen molar-refractivity contribution in [2.45, 2.75) is 33.6 Å². The summed E-state index contributed by atoms with van der Waals surface area (Å²) in [5, 5.41) is 3.17. The Morgan fingerprint density at radius 3 is 2.77 bits per heavy atom. The van der Waals surface area contributed by atoms with E-state index in [0.717, 1.165) is 31.6 Å². The van der Waals surface area contributed by atoms with Crippen molar-refractivity contribution in [2.24, 2.45) is 5.92 Å². The number of amides is 1. The van der Waals surface area contributed by atoms with Crippen molar-refractivity contribution < 1.29 is 9.59 Å². The van der Waals surface area contributed by atoms with Gasteiger partial charge in [-0.15, -0.1) is 0 Å². The van der Waals surface area contributed by atoms with E-state index in [9.17, 15) is 9.59 Å². The number of carbonyl (C=O) groups is 2. The molecule has 1 unspecified atom stereocenters. The summed E-state index contributed by atoms with van der Waals surface area (Å²) in [6.45, 7) is 7.01. The lowest BCUT2D eigenvalue weighted by atomic mass is 10.00. The number of hydrogen-bond donors (Lipinski definition) is 1. The van der Waals surface area contributed by atoms with Crippen LogP contribution in [0, 0.1) is 12.8 Å². The molecule has 1 aliphatic heterocycles. The second-order valence-electron chi connectivity index (χ2n) is 6.95. The molecule has 3 rings (SSSR count). The standard InChI is InChI=1S/C20H24N4O2/c1-13-6-5-9-24(12-13)20(26)18-11-19(22-15(3)21-18)23-17-8-4-7-16(10-17)14(2)25/h4,7-8,10-11,13H,5-6,9,12H2,1-3H3,(H,21,22,23). The van der Waals surface area contributed by atoms with Gasteiger partial charge in [-0.3, -0.25) is 9.59 Å². The van der Waals surface area contributed by atoms with Crippen molar-refractivity contribution in [3.63, 3.8) is 0 Å². The summed E-state index contributed by atoms with van der Waals surface area (Å²) < 4.78 is 0. The van der Waals surface area contributed by atoms with E-state index in [2.05, 4.69) is 22.2 Å². The first kappa shape index (κ1) is 18.0. The number of anilines is 2.